The van der Waals surface area contributed by atoms with Crippen molar-refractivity contribution in [2.24, 2.45) is 0 Å². The molecular weight excluding hydrogens is 481 g/mol. The number of rotatable bonds is 7. The summed E-state index contributed by atoms with van der Waals surface area (Å²) in [4.78, 5) is 29.1. The summed E-state index contributed by atoms with van der Waals surface area (Å²) >= 11 is 0. The van der Waals surface area contributed by atoms with Crippen LogP contribution >= 0.6 is 0 Å². The van der Waals surface area contributed by atoms with Crippen molar-refractivity contribution >= 4 is 33.7 Å². The molecule has 0 radical (unpaired) electrons. The second-order valence-electron chi connectivity index (χ2n) is 9.06. The van der Waals surface area contributed by atoms with Gasteiger partial charge in [-0.15, -0.1) is 0 Å². The zero-order valence-electron chi connectivity index (χ0n) is 20.6. The van der Waals surface area contributed by atoms with Gasteiger partial charge in [-0.1, -0.05) is 31.5 Å². The minimum Gasteiger partial charge on any atom is -0.338 e. The molecule has 0 aliphatic rings. The molecule has 0 atom stereocenters. The lowest BCUT2D eigenvalue weighted by atomic mass is 10.0. The predicted molar refractivity (Wildman–Crippen MR) is 146 cm³/mol. The first-order valence-electron chi connectivity index (χ1n) is 12.4. The van der Waals surface area contributed by atoms with Gasteiger partial charge in [0.2, 0.25) is 5.91 Å². The lowest BCUT2D eigenvalue weighted by molar-refractivity contribution is -0.116. The number of halogens is 1. The molecule has 0 spiro atoms. The van der Waals surface area contributed by atoms with Gasteiger partial charge in [-0.3, -0.25) is 14.9 Å². The zero-order valence-corrected chi connectivity index (χ0v) is 20.6. The Hall–Kier alpha value is -4.92. The van der Waals surface area contributed by atoms with Crippen molar-refractivity contribution in [1.29, 1.82) is 0 Å². The van der Waals surface area contributed by atoms with E-state index in [1.54, 1.807) is 36.8 Å². The average Bonchev–Trinajstić information content (AvgIpc) is 3.56. The summed E-state index contributed by atoms with van der Waals surface area (Å²) in [5, 5.41) is 11.2. The second-order valence-corrected chi connectivity index (χ2v) is 9.06. The Labute approximate surface area is 217 Å². The zero-order chi connectivity index (χ0) is 26.1. The van der Waals surface area contributed by atoms with E-state index in [1.165, 1.54) is 6.07 Å². The first-order valence-corrected chi connectivity index (χ1v) is 12.4. The Balaban J connectivity index is 1.38. The molecule has 0 aliphatic heterocycles. The molecule has 5 heterocycles. The van der Waals surface area contributed by atoms with E-state index in [2.05, 4.69) is 37.4 Å². The molecule has 0 saturated carbocycles. The van der Waals surface area contributed by atoms with Crippen LogP contribution in [-0.2, 0) is 4.79 Å². The lowest BCUT2D eigenvalue weighted by Gasteiger charge is -2.07. The van der Waals surface area contributed by atoms with Crippen molar-refractivity contribution in [2.75, 3.05) is 5.32 Å². The number of amides is 1. The number of aromatic nitrogens is 6. The van der Waals surface area contributed by atoms with Crippen molar-refractivity contribution in [3.8, 4) is 33.8 Å². The van der Waals surface area contributed by atoms with Gasteiger partial charge in [-0.2, -0.15) is 5.10 Å². The highest BCUT2D eigenvalue weighted by atomic mass is 19.1. The van der Waals surface area contributed by atoms with E-state index in [0.29, 0.717) is 45.9 Å². The Morgan fingerprint density at radius 1 is 1.05 bits per heavy atom. The highest BCUT2D eigenvalue weighted by Gasteiger charge is 2.17. The van der Waals surface area contributed by atoms with Gasteiger partial charge >= 0.3 is 0 Å². The fraction of sp³-hybridized carbons (Fsp3) is 0.138. The van der Waals surface area contributed by atoms with Gasteiger partial charge < -0.3 is 10.3 Å². The van der Waals surface area contributed by atoms with Gasteiger partial charge in [0.1, 0.15) is 22.7 Å². The van der Waals surface area contributed by atoms with Crippen LogP contribution in [0.1, 0.15) is 26.2 Å². The average molecular weight is 506 g/mol. The maximum absolute atomic E-state index is 14.6. The van der Waals surface area contributed by atoms with Gasteiger partial charge in [-0.25, -0.2) is 14.4 Å². The molecule has 6 rings (SSSR count). The number of fused-ring (bicyclic) bond motifs is 2. The summed E-state index contributed by atoms with van der Waals surface area (Å²) in [5.41, 5.74) is 6.73. The summed E-state index contributed by atoms with van der Waals surface area (Å²) in [7, 11) is 0. The van der Waals surface area contributed by atoms with E-state index in [9.17, 15) is 9.18 Å². The molecule has 0 saturated heterocycles. The first kappa shape index (κ1) is 23.5. The summed E-state index contributed by atoms with van der Waals surface area (Å²) in [6, 6.07) is 16.1. The third-order valence-electron chi connectivity index (χ3n) is 6.43. The van der Waals surface area contributed by atoms with Crippen LogP contribution in [0.15, 0.2) is 73.2 Å². The highest BCUT2D eigenvalue weighted by molar-refractivity contribution is 5.99. The van der Waals surface area contributed by atoms with Gasteiger partial charge in [0.05, 0.1) is 28.8 Å². The molecule has 188 valence electrons. The molecule has 0 fully saturated rings. The van der Waals surface area contributed by atoms with Crippen LogP contribution in [0.25, 0.3) is 55.8 Å². The Kier molecular flexibility index (Phi) is 6.09. The number of benzene rings is 1. The maximum Gasteiger partial charge on any atom is 0.224 e. The van der Waals surface area contributed by atoms with Crippen molar-refractivity contribution in [3.63, 3.8) is 0 Å². The molecule has 0 bridgehead atoms. The number of hydrogen-bond acceptors (Lipinski definition) is 5. The number of nitrogens with one attached hydrogen (secondary N) is 3. The number of pyridine rings is 3. The Bertz CT molecular complexity index is 1790. The number of aromatic amines is 2. The number of anilines is 1. The molecule has 38 heavy (non-hydrogen) atoms. The minimum absolute atomic E-state index is 0.0338. The molecule has 5 aromatic heterocycles. The number of nitrogens with zero attached hydrogens (tertiary/aromatic N) is 4. The quantitative estimate of drug-likeness (QED) is 0.229. The minimum atomic E-state index is -0.295. The van der Waals surface area contributed by atoms with Crippen molar-refractivity contribution < 1.29 is 9.18 Å². The number of carbonyl (C=O) groups is 1. The molecule has 9 heteroatoms. The van der Waals surface area contributed by atoms with Crippen LogP contribution in [0, 0.1) is 5.82 Å². The molecule has 1 amide bonds. The molecule has 1 aromatic carbocycles. The van der Waals surface area contributed by atoms with Gasteiger partial charge in [-0.05, 0) is 48.4 Å². The van der Waals surface area contributed by atoms with Crippen molar-refractivity contribution in [1.82, 2.24) is 30.1 Å². The normalized spacial score (nSPS) is 11.3. The standard InChI is InChI=1S/C29H24FN7O/c1-2-3-8-26(38)33-18-13-17(15-31-16-18)23-9-10-24-27(34-23)28(37-36-24)25-14-21-19(11-12-32-29(21)35-25)20-6-4-5-7-22(20)30/h4-7,9-16H,2-3,8H2,1H3,(H,32,35)(H,33,38)(H,36,37). The van der Waals surface area contributed by atoms with E-state index in [0.717, 1.165) is 34.9 Å². The number of hydrogen-bond donors (Lipinski definition) is 3. The van der Waals surface area contributed by atoms with Crippen molar-refractivity contribution in [2.45, 2.75) is 26.2 Å². The molecule has 8 nitrogen and oxygen atoms in total. The third kappa shape index (κ3) is 4.39. The fourth-order valence-corrected chi connectivity index (χ4v) is 4.53. The summed E-state index contributed by atoms with van der Waals surface area (Å²) in [6.45, 7) is 2.05. The van der Waals surface area contributed by atoms with E-state index < -0.39 is 0 Å². The van der Waals surface area contributed by atoms with E-state index in [4.69, 9.17) is 4.98 Å². The lowest BCUT2D eigenvalue weighted by Crippen LogP contribution is -2.11. The summed E-state index contributed by atoms with van der Waals surface area (Å²) < 4.78 is 14.6. The van der Waals surface area contributed by atoms with Gasteiger partial charge in [0, 0.05) is 35.3 Å². The SMILES string of the molecule is CCCCC(=O)Nc1cncc(-c2ccc3[nH]nc(-c4cc5c(-c6ccccc6F)ccnc5[nH]4)c3n2)c1. The second kappa shape index (κ2) is 9.85. The maximum atomic E-state index is 14.6. The monoisotopic (exact) mass is 505 g/mol. The third-order valence-corrected chi connectivity index (χ3v) is 6.43. The predicted octanol–water partition coefficient (Wildman–Crippen LogP) is 6.50. The fourth-order valence-electron chi connectivity index (χ4n) is 4.53. The molecule has 0 aliphatic carbocycles. The highest BCUT2D eigenvalue weighted by Crippen LogP contribution is 2.34. The van der Waals surface area contributed by atoms with Crippen LogP contribution in [0.2, 0.25) is 0 Å². The number of carbonyl (C=O) groups excluding carboxylic acids is 1. The van der Waals surface area contributed by atoms with Crippen LogP contribution in [0.3, 0.4) is 0 Å². The topological polar surface area (TPSA) is 112 Å². The summed E-state index contributed by atoms with van der Waals surface area (Å²) in [6.07, 6.45) is 7.26. The molecule has 3 N–H and O–H groups in total. The number of H-pyrrole nitrogens is 2. The van der Waals surface area contributed by atoms with Crippen LogP contribution < -0.4 is 5.32 Å². The van der Waals surface area contributed by atoms with Crippen LogP contribution in [0.4, 0.5) is 10.1 Å². The Morgan fingerprint density at radius 3 is 2.82 bits per heavy atom. The first-order chi connectivity index (χ1) is 18.6. The van der Waals surface area contributed by atoms with Gasteiger partial charge in [0.25, 0.3) is 0 Å². The molecular formula is C29H24FN7O. The van der Waals surface area contributed by atoms with E-state index in [1.807, 2.05) is 30.3 Å². The molecule has 0 unspecified atom stereocenters. The number of unbranched alkanes of at least 4 members (excludes halogenated alkanes) is 1. The largest absolute Gasteiger partial charge is 0.338 e. The van der Waals surface area contributed by atoms with Crippen LogP contribution in [-0.4, -0.2) is 36.0 Å². The van der Waals surface area contributed by atoms with E-state index >= 15 is 0 Å². The smallest absolute Gasteiger partial charge is 0.224 e. The Morgan fingerprint density at radius 2 is 1.95 bits per heavy atom. The van der Waals surface area contributed by atoms with E-state index in [-0.39, 0.29) is 11.7 Å². The van der Waals surface area contributed by atoms with Crippen molar-refractivity contribution in [3.05, 3.63) is 79.0 Å². The molecule has 6 aromatic rings. The van der Waals surface area contributed by atoms with Gasteiger partial charge in [0.15, 0.2) is 0 Å². The van der Waals surface area contributed by atoms with Crippen LogP contribution in [0.5, 0.6) is 0 Å². The summed E-state index contributed by atoms with van der Waals surface area (Å²) in [5.74, 6) is -0.329.